The van der Waals surface area contributed by atoms with Gasteiger partial charge in [-0.15, -0.1) is 0 Å². The van der Waals surface area contributed by atoms with E-state index in [0.717, 1.165) is 16.8 Å². The molecule has 2 rings (SSSR count). The third-order valence-corrected chi connectivity index (χ3v) is 4.35. The van der Waals surface area contributed by atoms with Crippen molar-refractivity contribution >= 4 is 17.5 Å². The minimum Gasteiger partial charge on any atom is -0.383 e. The third-order valence-electron chi connectivity index (χ3n) is 4.35. The van der Waals surface area contributed by atoms with Gasteiger partial charge < -0.3 is 15.0 Å². The standard InChI is InChI=1S/C23H29FN2O3/c1-17(2)13-23(28)26(16-19-5-4-6-20(24)14-19)21-9-7-18(8-10-21)15-22(27)25-11-12-29-3/h4-10,14,17H,11-13,15-16H2,1-3H3,(H,25,27). The van der Waals surface area contributed by atoms with E-state index < -0.39 is 0 Å². The number of benzene rings is 2. The highest BCUT2D eigenvalue weighted by molar-refractivity contribution is 5.93. The normalized spacial score (nSPS) is 10.8. The van der Waals surface area contributed by atoms with Crippen LogP contribution in [0.3, 0.4) is 0 Å². The molecular weight excluding hydrogens is 371 g/mol. The molecule has 0 unspecified atom stereocenters. The van der Waals surface area contributed by atoms with E-state index in [1.165, 1.54) is 12.1 Å². The van der Waals surface area contributed by atoms with Gasteiger partial charge in [-0.1, -0.05) is 38.1 Å². The number of anilines is 1. The number of carbonyl (C=O) groups is 2. The Hall–Kier alpha value is -2.73. The van der Waals surface area contributed by atoms with E-state index in [9.17, 15) is 14.0 Å². The summed E-state index contributed by atoms with van der Waals surface area (Å²) in [6.45, 7) is 5.21. The SMILES string of the molecule is COCCNC(=O)Cc1ccc(N(Cc2cccc(F)c2)C(=O)CC(C)C)cc1. The second-order valence-electron chi connectivity index (χ2n) is 7.39. The molecule has 0 atom stereocenters. The zero-order chi connectivity index (χ0) is 21.2. The molecule has 6 heteroatoms. The van der Waals surface area contributed by atoms with Crippen LogP contribution in [-0.2, 0) is 27.3 Å². The molecule has 0 spiro atoms. The Balaban J connectivity index is 2.13. The van der Waals surface area contributed by atoms with E-state index in [1.807, 2.05) is 38.1 Å². The lowest BCUT2D eigenvalue weighted by Crippen LogP contribution is -2.31. The van der Waals surface area contributed by atoms with Gasteiger partial charge in [0.2, 0.25) is 11.8 Å². The van der Waals surface area contributed by atoms with Crippen molar-refractivity contribution in [3.63, 3.8) is 0 Å². The first-order chi connectivity index (χ1) is 13.9. The van der Waals surface area contributed by atoms with Gasteiger partial charge in [0.25, 0.3) is 0 Å². The fourth-order valence-corrected chi connectivity index (χ4v) is 2.93. The maximum Gasteiger partial charge on any atom is 0.227 e. The summed E-state index contributed by atoms with van der Waals surface area (Å²) < 4.78 is 18.5. The van der Waals surface area contributed by atoms with Crippen LogP contribution in [0.15, 0.2) is 48.5 Å². The van der Waals surface area contributed by atoms with Crippen LogP contribution in [0.2, 0.25) is 0 Å². The predicted octanol–water partition coefficient (Wildman–Crippen LogP) is 3.71. The first-order valence-corrected chi connectivity index (χ1v) is 9.78. The lowest BCUT2D eigenvalue weighted by molar-refractivity contribution is -0.121. The number of halogens is 1. The summed E-state index contributed by atoms with van der Waals surface area (Å²) in [6.07, 6.45) is 0.660. The molecule has 0 fully saturated rings. The van der Waals surface area contributed by atoms with Crippen molar-refractivity contribution in [3.05, 3.63) is 65.5 Å². The first-order valence-electron chi connectivity index (χ1n) is 9.78. The maximum atomic E-state index is 13.6. The Labute approximate surface area is 171 Å². The highest BCUT2D eigenvalue weighted by Gasteiger charge is 2.18. The fourth-order valence-electron chi connectivity index (χ4n) is 2.93. The summed E-state index contributed by atoms with van der Waals surface area (Å²) in [5.41, 5.74) is 2.30. The van der Waals surface area contributed by atoms with Crippen molar-refractivity contribution in [2.45, 2.75) is 33.2 Å². The van der Waals surface area contributed by atoms with Crippen molar-refractivity contribution in [2.24, 2.45) is 5.92 Å². The molecule has 2 amide bonds. The Morgan fingerprint density at radius 3 is 2.45 bits per heavy atom. The molecule has 0 saturated carbocycles. The monoisotopic (exact) mass is 400 g/mol. The van der Waals surface area contributed by atoms with Crippen molar-refractivity contribution < 1.29 is 18.7 Å². The Morgan fingerprint density at radius 2 is 1.83 bits per heavy atom. The van der Waals surface area contributed by atoms with Gasteiger partial charge in [0.15, 0.2) is 0 Å². The summed E-state index contributed by atoms with van der Waals surface area (Å²) in [4.78, 5) is 26.4. The second kappa shape index (κ2) is 11.3. The number of ether oxygens (including phenoxy) is 1. The van der Waals surface area contributed by atoms with Crippen LogP contribution in [-0.4, -0.2) is 32.1 Å². The molecule has 5 nitrogen and oxygen atoms in total. The van der Waals surface area contributed by atoms with Gasteiger partial charge in [-0.2, -0.15) is 0 Å². The summed E-state index contributed by atoms with van der Waals surface area (Å²) in [6, 6.07) is 13.6. The minimum atomic E-state index is -0.325. The van der Waals surface area contributed by atoms with Crippen LogP contribution < -0.4 is 10.2 Å². The van der Waals surface area contributed by atoms with E-state index in [4.69, 9.17) is 4.74 Å². The van der Waals surface area contributed by atoms with Crippen LogP contribution >= 0.6 is 0 Å². The van der Waals surface area contributed by atoms with Crippen LogP contribution in [0.4, 0.5) is 10.1 Å². The predicted molar refractivity (Wildman–Crippen MR) is 112 cm³/mol. The lowest BCUT2D eigenvalue weighted by Gasteiger charge is -2.24. The Bertz CT molecular complexity index is 806. The molecule has 0 aliphatic carbocycles. The van der Waals surface area contributed by atoms with Gasteiger partial charge in [0.05, 0.1) is 19.6 Å². The number of carbonyl (C=O) groups excluding carboxylic acids is 2. The van der Waals surface area contributed by atoms with Gasteiger partial charge in [-0.3, -0.25) is 9.59 Å². The summed E-state index contributed by atoms with van der Waals surface area (Å²) in [5, 5.41) is 2.78. The van der Waals surface area contributed by atoms with Crippen molar-refractivity contribution in [1.82, 2.24) is 5.32 Å². The molecule has 0 bridgehead atoms. The van der Waals surface area contributed by atoms with Crippen molar-refractivity contribution in [1.29, 1.82) is 0 Å². The van der Waals surface area contributed by atoms with Crippen LogP contribution in [0.1, 0.15) is 31.4 Å². The minimum absolute atomic E-state index is 0.0191. The number of hydrogen-bond acceptors (Lipinski definition) is 3. The van der Waals surface area contributed by atoms with E-state index in [-0.39, 0.29) is 30.0 Å². The van der Waals surface area contributed by atoms with Gasteiger partial charge in [0.1, 0.15) is 5.82 Å². The average molecular weight is 400 g/mol. The molecule has 156 valence electrons. The summed E-state index contributed by atoms with van der Waals surface area (Å²) in [5.74, 6) is -0.210. The quantitative estimate of drug-likeness (QED) is 0.619. The van der Waals surface area contributed by atoms with Gasteiger partial charge >= 0.3 is 0 Å². The third kappa shape index (κ3) is 7.66. The number of amides is 2. The van der Waals surface area contributed by atoms with E-state index >= 15 is 0 Å². The van der Waals surface area contributed by atoms with Crippen LogP contribution in [0.5, 0.6) is 0 Å². The number of methoxy groups -OCH3 is 1. The zero-order valence-electron chi connectivity index (χ0n) is 17.3. The summed E-state index contributed by atoms with van der Waals surface area (Å²) in [7, 11) is 1.58. The highest BCUT2D eigenvalue weighted by atomic mass is 19.1. The number of hydrogen-bond donors (Lipinski definition) is 1. The van der Waals surface area contributed by atoms with E-state index in [2.05, 4.69) is 5.32 Å². The van der Waals surface area contributed by atoms with Crippen molar-refractivity contribution in [3.8, 4) is 0 Å². The Kier molecular flexibility index (Phi) is 8.80. The Morgan fingerprint density at radius 1 is 1.10 bits per heavy atom. The van der Waals surface area contributed by atoms with E-state index in [0.29, 0.717) is 26.1 Å². The number of nitrogens with zero attached hydrogens (tertiary/aromatic N) is 1. The van der Waals surface area contributed by atoms with Crippen LogP contribution in [0.25, 0.3) is 0 Å². The maximum absolute atomic E-state index is 13.6. The van der Waals surface area contributed by atoms with Gasteiger partial charge in [-0.05, 0) is 41.3 Å². The largest absolute Gasteiger partial charge is 0.383 e. The fraction of sp³-hybridized carbons (Fsp3) is 0.391. The molecule has 0 aliphatic rings. The number of nitrogens with one attached hydrogen (secondary N) is 1. The molecule has 1 N–H and O–H groups in total. The van der Waals surface area contributed by atoms with Gasteiger partial charge in [0, 0.05) is 25.8 Å². The lowest BCUT2D eigenvalue weighted by atomic mass is 10.1. The number of rotatable bonds is 10. The molecule has 2 aromatic rings. The van der Waals surface area contributed by atoms with E-state index in [1.54, 1.807) is 24.1 Å². The highest BCUT2D eigenvalue weighted by Crippen LogP contribution is 2.21. The van der Waals surface area contributed by atoms with Crippen molar-refractivity contribution in [2.75, 3.05) is 25.2 Å². The molecule has 0 aromatic heterocycles. The molecule has 0 heterocycles. The molecule has 0 saturated heterocycles. The first kappa shape index (κ1) is 22.6. The second-order valence-corrected chi connectivity index (χ2v) is 7.39. The molecule has 0 aliphatic heterocycles. The van der Waals surface area contributed by atoms with Gasteiger partial charge in [-0.25, -0.2) is 4.39 Å². The summed E-state index contributed by atoms with van der Waals surface area (Å²) >= 11 is 0. The smallest absolute Gasteiger partial charge is 0.227 e. The average Bonchev–Trinajstić information content (AvgIpc) is 2.66. The molecular formula is C23H29FN2O3. The zero-order valence-corrected chi connectivity index (χ0v) is 17.3. The molecule has 2 aromatic carbocycles. The molecule has 29 heavy (non-hydrogen) atoms. The van der Waals surface area contributed by atoms with Crippen LogP contribution in [0, 0.1) is 11.7 Å². The molecule has 0 radical (unpaired) electrons. The topological polar surface area (TPSA) is 58.6 Å².